The van der Waals surface area contributed by atoms with Crippen molar-refractivity contribution in [3.05, 3.63) is 33.8 Å². The van der Waals surface area contributed by atoms with E-state index in [9.17, 15) is 13.5 Å². The molecule has 1 aromatic rings. The number of hydrogen-bond acceptors (Lipinski definition) is 4. The van der Waals surface area contributed by atoms with E-state index < -0.39 is 16.2 Å². The summed E-state index contributed by atoms with van der Waals surface area (Å²) in [6.07, 6.45) is -0.154. The lowest BCUT2D eigenvalue weighted by molar-refractivity contribution is 0.112. The van der Waals surface area contributed by atoms with Crippen molar-refractivity contribution >= 4 is 33.3 Å². The number of rotatable bonds is 4. The molecule has 16 heavy (non-hydrogen) atoms. The van der Waals surface area contributed by atoms with Crippen LogP contribution >= 0.6 is 23.2 Å². The summed E-state index contributed by atoms with van der Waals surface area (Å²) in [5.74, 6) is 0. The fourth-order valence-corrected chi connectivity index (χ4v) is 1.69. The van der Waals surface area contributed by atoms with Crippen molar-refractivity contribution in [3.8, 4) is 0 Å². The van der Waals surface area contributed by atoms with Gasteiger partial charge in [-0.15, -0.1) is 0 Å². The second-order valence-corrected chi connectivity index (χ2v) is 5.64. The third-order valence-electron chi connectivity index (χ3n) is 1.77. The summed E-state index contributed by atoms with van der Waals surface area (Å²) >= 11 is 11.4. The molecule has 0 aliphatic rings. The summed E-state index contributed by atoms with van der Waals surface area (Å²) in [5, 5.41) is 10.3. The maximum Gasteiger partial charge on any atom is 0.264 e. The zero-order chi connectivity index (χ0) is 12.3. The molecule has 0 amide bonds. The van der Waals surface area contributed by atoms with E-state index in [0.29, 0.717) is 10.6 Å². The first-order valence-electron chi connectivity index (χ1n) is 4.27. The van der Waals surface area contributed by atoms with Crippen molar-refractivity contribution in [2.45, 2.75) is 6.10 Å². The van der Waals surface area contributed by atoms with Crippen LogP contribution in [0.25, 0.3) is 0 Å². The summed E-state index contributed by atoms with van der Waals surface area (Å²) in [5.41, 5.74) is 0.443. The third-order valence-corrected chi connectivity index (χ3v) is 3.07. The Kier molecular flexibility index (Phi) is 4.58. The first kappa shape index (κ1) is 13.7. The molecule has 7 heteroatoms. The molecular formula is C9H10Cl2O4S. The summed E-state index contributed by atoms with van der Waals surface area (Å²) in [6, 6.07) is 4.52. The van der Waals surface area contributed by atoms with Gasteiger partial charge in [-0.25, -0.2) is 0 Å². The van der Waals surface area contributed by atoms with Gasteiger partial charge in [0.05, 0.1) is 22.9 Å². The zero-order valence-corrected chi connectivity index (χ0v) is 10.7. The summed E-state index contributed by atoms with van der Waals surface area (Å²) < 4.78 is 25.9. The predicted molar refractivity (Wildman–Crippen MR) is 62.2 cm³/mol. The van der Waals surface area contributed by atoms with E-state index in [4.69, 9.17) is 23.2 Å². The monoisotopic (exact) mass is 284 g/mol. The lowest BCUT2D eigenvalue weighted by atomic mass is 10.1. The minimum absolute atomic E-state index is 0.289. The molecule has 0 radical (unpaired) electrons. The highest BCUT2D eigenvalue weighted by atomic mass is 35.5. The van der Waals surface area contributed by atoms with Crippen molar-refractivity contribution < 1.29 is 17.7 Å². The van der Waals surface area contributed by atoms with Gasteiger partial charge in [-0.2, -0.15) is 8.42 Å². The Morgan fingerprint density at radius 3 is 2.50 bits per heavy atom. The van der Waals surface area contributed by atoms with Crippen molar-refractivity contribution in [2.75, 3.05) is 12.9 Å². The van der Waals surface area contributed by atoms with Crippen LogP contribution < -0.4 is 0 Å². The van der Waals surface area contributed by atoms with E-state index in [0.717, 1.165) is 6.26 Å². The van der Waals surface area contributed by atoms with Crippen molar-refractivity contribution in [3.63, 3.8) is 0 Å². The first-order valence-corrected chi connectivity index (χ1v) is 6.84. The molecule has 0 aliphatic heterocycles. The van der Waals surface area contributed by atoms with Crippen molar-refractivity contribution in [1.29, 1.82) is 0 Å². The highest BCUT2D eigenvalue weighted by Gasteiger charge is 2.12. The molecule has 0 saturated carbocycles. The highest BCUT2D eigenvalue weighted by Crippen LogP contribution is 2.25. The van der Waals surface area contributed by atoms with Gasteiger partial charge in [-0.3, -0.25) is 4.18 Å². The number of hydrogen-bond donors (Lipinski definition) is 1. The Morgan fingerprint density at radius 2 is 2.00 bits per heavy atom. The van der Waals surface area contributed by atoms with Gasteiger partial charge in [0.15, 0.2) is 0 Å². The molecule has 0 unspecified atom stereocenters. The van der Waals surface area contributed by atoms with Crippen molar-refractivity contribution in [2.24, 2.45) is 0 Å². The molecule has 1 aromatic carbocycles. The van der Waals surface area contributed by atoms with Crippen LogP contribution in [0.4, 0.5) is 0 Å². The van der Waals surface area contributed by atoms with Crippen LogP contribution in [0, 0.1) is 0 Å². The first-order chi connectivity index (χ1) is 7.29. The Labute approximate surface area is 104 Å². The molecule has 0 saturated heterocycles. The maximum atomic E-state index is 10.7. The van der Waals surface area contributed by atoms with Gasteiger partial charge < -0.3 is 5.11 Å². The van der Waals surface area contributed by atoms with Crippen LogP contribution in [-0.2, 0) is 14.3 Å². The summed E-state index contributed by atoms with van der Waals surface area (Å²) in [4.78, 5) is 0. The average molecular weight is 285 g/mol. The molecule has 0 fully saturated rings. The number of halogens is 2. The van der Waals surface area contributed by atoms with Crippen LogP contribution in [0.2, 0.25) is 10.0 Å². The smallest absolute Gasteiger partial charge is 0.264 e. The summed E-state index contributed by atoms with van der Waals surface area (Å²) in [7, 11) is -3.56. The van der Waals surface area contributed by atoms with E-state index >= 15 is 0 Å². The topological polar surface area (TPSA) is 63.6 Å². The molecule has 1 N–H and O–H groups in total. The number of aliphatic hydroxyl groups excluding tert-OH is 1. The van der Waals surface area contributed by atoms with Crippen LogP contribution in [0.15, 0.2) is 18.2 Å². The van der Waals surface area contributed by atoms with Gasteiger partial charge in [0, 0.05) is 0 Å². The Morgan fingerprint density at radius 1 is 1.38 bits per heavy atom. The van der Waals surface area contributed by atoms with Gasteiger partial charge in [0.1, 0.15) is 6.10 Å². The van der Waals surface area contributed by atoms with Gasteiger partial charge in [0.25, 0.3) is 10.1 Å². The van der Waals surface area contributed by atoms with E-state index in [1.165, 1.54) is 12.1 Å². The van der Waals surface area contributed by atoms with Gasteiger partial charge in [-0.1, -0.05) is 29.3 Å². The van der Waals surface area contributed by atoms with Crippen molar-refractivity contribution in [1.82, 2.24) is 0 Å². The maximum absolute atomic E-state index is 10.7. The lowest BCUT2D eigenvalue weighted by Crippen LogP contribution is -2.11. The Bertz CT molecular complexity index is 472. The van der Waals surface area contributed by atoms with E-state index in [1.807, 2.05) is 0 Å². The molecule has 90 valence electrons. The third kappa shape index (κ3) is 4.27. The van der Waals surface area contributed by atoms with Gasteiger partial charge in [-0.05, 0) is 17.7 Å². The largest absolute Gasteiger partial charge is 0.386 e. The zero-order valence-electron chi connectivity index (χ0n) is 8.35. The Balaban J connectivity index is 2.73. The minimum atomic E-state index is -3.56. The molecule has 0 bridgehead atoms. The van der Waals surface area contributed by atoms with E-state index in [-0.39, 0.29) is 11.6 Å². The molecular weight excluding hydrogens is 275 g/mol. The molecule has 0 spiro atoms. The number of benzene rings is 1. The van der Waals surface area contributed by atoms with Gasteiger partial charge >= 0.3 is 0 Å². The molecule has 4 nitrogen and oxygen atoms in total. The molecule has 0 aliphatic carbocycles. The molecule has 0 aromatic heterocycles. The fourth-order valence-electron chi connectivity index (χ4n) is 1.00. The fraction of sp³-hybridized carbons (Fsp3) is 0.333. The average Bonchev–Trinajstić information content (AvgIpc) is 2.17. The highest BCUT2D eigenvalue weighted by molar-refractivity contribution is 7.85. The molecule has 1 atom stereocenters. The van der Waals surface area contributed by atoms with Crippen LogP contribution in [0.3, 0.4) is 0 Å². The SMILES string of the molecule is CS(=O)(=O)OC[C@@H](O)c1ccc(Cl)c(Cl)c1. The minimum Gasteiger partial charge on any atom is -0.386 e. The van der Waals surface area contributed by atoms with Crippen LogP contribution in [0.1, 0.15) is 11.7 Å². The predicted octanol–water partition coefficient (Wildman–Crippen LogP) is 2.00. The van der Waals surface area contributed by atoms with Crippen LogP contribution in [0.5, 0.6) is 0 Å². The van der Waals surface area contributed by atoms with E-state index in [1.54, 1.807) is 6.07 Å². The normalized spacial score (nSPS) is 13.8. The molecule has 1 rings (SSSR count). The standard InChI is InChI=1S/C9H10Cl2O4S/c1-16(13,14)15-5-9(12)6-2-3-7(10)8(11)4-6/h2-4,9,12H,5H2,1H3/t9-/m1/s1. The summed E-state index contributed by atoms with van der Waals surface area (Å²) in [6.45, 7) is -0.350. The van der Waals surface area contributed by atoms with Gasteiger partial charge in [0.2, 0.25) is 0 Å². The van der Waals surface area contributed by atoms with E-state index in [2.05, 4.69) is 4.18 Å². The number of aliphatic hydroxyl groups is 1. The second kappa shape index (κ2) is 5.33. The Hall–Kier alpha value is -0.330. The quantitative estimate of drug-likeness (QED) is 0.859. The van der Waals surface area contributed by atoms with Crippen LogP contribution in [-0.4, -0.2) is 26.4 Å². The molecule has 0 heterocycles. The lowest BCUT2D eigenvalue weighted by Gasteiger charge is -2.11. The second-order valence-electron chi connectivity index (χ2n) is 3.18.